The Kier molecular flexibility index (Phi) is 21.8. The van der Waals surface area contributed by atoms with Crippen molar-refractivity contribution in [3.63, 3.8) is 0 Å². The van der Waals surface area contributed by atoms with Crippen molar-refractivity contribution in [3.8, 4) is 11.1 Å². The zero-order valence-electron chi connectivity index (χ0n) is 33.5. The van der Waals surface area contributed by atoms with E-state index in [-0.39, 0.29) is 5.41 Å². The molecule has 0 fully saturated rings. The SMILES string of the molecule is CCCCCCCCCCCCCCC1(CCCCCCCCCCCCCC)c2ccccc2-c2cc3c(cc21)C=C(C)C3[SiH3].[CH3][Ti][CH3]. The predicted molar refractivity (Wildman–Crippen MR) is 222 cm³/mol. The Labute approximate surface area is 318 Å². The zero-order chi connectivity index (χ0) is 35.2. The Morgan fingerprint density at radius 2 is 0.959 bits per heavy atom. The molecule has 0 saturated heterocycles. The van der Waals surface area contributed by atoms with Crippen LogP contribution in [0.2, 0.25) is 10.5 Å². The first-order valence-corrected chi connectivity index (χ1v) is 25.9. The van der Waals surface area contributed by atoms with Gasteiger partial charge in [0, 0.05) is 15.7 Å². The van der Waals surface area contributed by atoms with Gasteiger partial charge in [0.1, 0.15) is 0 Å². The summed E-state index contributed by atoms with van der Waals surface area (Å²) in [6.07, 6.45) is 39.5. The minimum atomic E-state index is 0.211. The summed E-state index contributed by atoms with van der Waals surface area (Å²) in [5.41, 5.74) is 12.1. The molecular formula is C47H78SiTi. The van der Waals surface area contributed by atoms with Crippen LogP contribution in [0.15, 0.2) is 42.0 Å². The third-order valence-corrected chi connectivity index (χ3v) is 13.5. The molecule has 0 aromatic heterocycles. The van der Waals surface area contributed by atoms with Crippen molar-refractivity contribution in [1.82, 2.24) is 0 Å². The van der Waals surface area contributed by atoms with E-state index in [0.29, 0.717) is 24.7 Å². The van der Waals surface area contributed by atoms with Crippen LogP contribution in [-0.2, 0) is 24.6 Å². The third-order valence-electron chi connectivity index (χ3n) is 11.9. The fourth-order valence-electron chi connectivity index (χ4n) is 8.85. The summed E-state index contributed by atoms with van der Waals surface area (Å²) in [6, 6.07) is 14.9. The number of benzene rings is 2. The molecule has 1 unspecified atom stereocenters. The molecule has 0 heterocycles. The second-order valence-corrected chi connectivity index (χ2v) is 18.8. The normalized spacial score (nSPS) is 15.4. The van der Waals surface area contributed by atoms with Crippen LogP contribution in [0.25, 0.3) is 17.2 Å². The van der Waals surface area contributed by atoms with Crippen molar-refractivity contribution in [2.24, 2.45) is 0 Å². The van der Waals surface area contributed by atoms with Crippen LogP contribution in [0.3, 0.4) is 0 Å². The van der Waals surface area contributed by atoms with E-state index < -0.39 is 0 Å². The third kappa shape index (κ3) is 13.6. The van der Waals surface area contributed by atoms with Gasteiger partial charge in [0.25, 0.3) is 0 Å². The summed E-state index contributed by atoms with van der Waals surface area (Å²) in [7, 11) is 1.21. The topological polar surface area (TPSA) is 0 Å². The fourth-order valence-corrected chi connectivity index (χ4v) is 9.51. The van der Waals surface area contributed by atoms with Crippen molar-refractivity contribution in [1.29, 1.82) is 0 Å². The van der Waals surface area contributed by atoms with Gasteiger partial charge in [-0.25, -0.2) is 0 Å². The minimum absolute atomic E-state index is 0.211. The Bertz CT molecular complexity index is 1170. The van der Waals surface area contributed by atoms with Crippen LogP contribution in [0.5, 0.6) is 0 Å². The second kappa shape index (κ2) is 25.1. The van der Waals surface area contributed by atoms with Gasteiger partial charge in [0.2, 0.25) is 0 Å². The van der Waals surface area contributed by atoms with Crippen molar-refractivity contribution >= 4 is 16.3 Å². The van der Waals surface area contributed by atoms with E-state index in [1.54, 1.807) is 33.4 Å². The molecule has 0 bridgehead atoms. The number of unbranched alkanes of at least 4 members (excludes halogenated alkanes) is 22. The number of rotatable bonds is 26. The molecule has 0 radical (unpaired) electrons. The van der Waals surface area contributed by atoms with Crippen LogP contribution in [0.4, 0.5) is 0 Å². The Morgan fingerprint density at radius 3 is 1.41 bits per heavy atom. The van der Waals surface area contributed by atoms with Gasteiger partial charge in [-0.05, 0) is 70.8 Å². The summed E-state index contributed by atoms with van der Waals surface area (Å²) >= 11 is 0.500. The molecule has 2 aliphatic carbocycles. The van der Waals surface area contributed by atoms with Gasteiger partial charge < -0.3 is 0 Å². The van der Waals surface area contributed by atoms with Crippen LogP contribution >= 0.6 is 0 Å². The van der Waals surface area contributed by atoms with Gasteiger partial charge in [0.15, 0.2) is 0 Å². The molecule has 0 amide bonds. The van der Waals surface area contributed by atoms with Crippen LogP contribution in [-0.4, -0.2) is 10.2 Å². The standard InChI is InChI=1S/C45H72Si.2CH3.Ti/c1-4-6-8-10-12-14-16-18-20-22-24-28-32-45(33-29-25-23-21-19-17-15-13-11-9-7-5-2)42-31-27-26-30-39(42)41-36-40-38(35-43(41)45)34-37(3)44(40)46;;;/h26-27,30-31,34-36,44H,4-25,28-29,32-33H2,1-3,46H3;2*1H3;. The van der Waals surface area contributed by atoms with E-state index in [4.69, 9.17) is 0 Å². The van der Waals surface area contributed by atoms with E-state index in [1.165, 1.54) is 183 Å². The molecule has 2 aliphatic rings. The summed E-state index contributed by atoms with van der Waals surface area (Å²) in [5.74, 6) is 0. The number of hydrogen-bond acceptors (Lipinski definition) is 0. The van der Waals surface area contributed by atoms with Crippen molar-refractivity contribution in [2.45, 2.75) is 209 Å². The molecule has 2 aromatic rings. The maximum atomic E-state index is 2.67. The summed E-state index contributed by atoms with van der Waals surface area (Å²) in [6.45, 7) is 7.00. The molecule has 0 saturated carbocycles. The average Bonchev–Trinajstić information content (AvgIpc) is 3.54. The molecule has 0 nitrogen and oxygen atoms in total. The quantitative estimate of drug-likeness (QED) is 0.0671. The Morgan fingerprint density at radius 1 is 0.551 bits per heavy atom. The number of fused-ring (bicyclic) bond motifs is 4. The van der Waals surface area contributed by atoms with Gasteiger partial charge in [0.05, 0.1) is 0 Å². The first kappa shape index (κ1) is 42.5. The molecule has 4 rings (SSSR count). The van der Waals surface area contributed by atoms with E-state index in [0.717, 1.165) is 0 Å². The molecule has 274 valence electrons. The summed E-state index contributed by atoms with van der Waals surface area (Å²) in [5, 5.41) is 4.50. The first-order chi connectivity index (χ1) is 24.0. The van der Waals surface area contributed by atoms with E-state index >= 15 is 0 Å². The van der Waals surface area contributed by atoms with Gasteiger partial charge in [-0.1, -0.05) is 204 Å². The van der Waals surface area contributed by atoms with E-state index in [1.807, 2.05) is 0 Å². The van der Waals surface area contributed by atoms with Crippen molar-refractivity contribution < 1.29 is 19.2 Å². The van der Waals surface area contributed by atoms with Crippen LogP contribution < -0.4 is 0 Å². The average molecular weight is 719 g/mol. The predicted octanol–water partition coefficient (Wildman–Crippen LogP) is 15.1. The number of allylic oxidation sites excluding steroid dienone is 1. The number of hydrogen-bond donors (Lipinski definition) is 0. The zero-order valence-corrected chi connectivity index (χ0v) is 37.1. The first-order valence-electron chi connectivity index (χ1n) is 21.6. The Hall–Kier alpha value is -0.889. The van der Waals surface area contributed by atoms with Crippen LogP contribution in [0, 0.1) is 0 Å². The van der Waals surface area contributed by atoms with Gasteiger partial charge in [-0.3, -0.25) is 0 Å². The molecule has 49 heavy (non-hydrogen) atoms. The van der Waals surface area contributed by atoms with Gasteiger partial charge >= 0.3 is 29.6 Å². The molecule has 0 aliphatic heterocycles. The molecular weight excluding hydrogens is 640 g/mol. The molecule has 0 spiro atoms. The second-order valence-electron chi connectivity index (χ2n) is 16.0. The van der Waals surface area contributed by atoms with Gasteiger partial charge in [-0.15, -0.1) is 0 Å². The summed E-state index contributed by atoms with van der Waals surface area (Å²) < 4.78 is 0. The van der Waals surface area contributed by atoms with E-state index in [2.05, 4.69) is 73.7 Å². The van der Waals surface area contributed by atoms with E-state index in [9.17, 15) is 0 Å². The molecule has 1 atom stereocenters. The molecule has 2 aromatic carbocycles. The van der Waals surface area contributed by atoms with Crippen molar-refractivity contribution in [3.05, 3.63) is 64.2 Å². The molecule has 0 N–H and O–H groups in total. The van der Waals surface area contributed by atoms with Crippen LogP contribution in [0.1, 0.15) is 216 Å². The Balaban J connectivity index is 0.00000209. The monoisotopic (exact) mass is 719 g/mol. The van der Waals surface area contributed by atoms with Crippen molar-refractivity contribution in [2.75, 3.05) is 0 Å². The summed E-state index contributed by atoms with van der Waals surface area (Å²) in [4.78, 5) is 0. The van der Waals surface area contributed by atoms with Gasteiger partial charge in [-0.2, -0.15) is 0 Å². The fraction of sp³-hybridized carbons (Fsp3) is 0.702. The molecule has 2 heteroatoms. The maximum absolute atomic E-state index is 2.67.